The van der Waals surface area contributed by atoms with Gasteiger partial charge in [-0.1, -0.05) is 0 Å². The summed E-state index contributed by atoms with van der Waals surface area (Å²) in [4.78, 5) is 14.8. The van der Waals surface area contributed by atoms with Gasteiger partial charge in [-0.3, -0.25) is 4.79 Å². The minimum absolute atomic E-state index is 0.108. The highest BCUT2D eigenvalue weighted by atomic mass is 19.1. The SMILES string of the molecule is O=C1CCOc2ncc(F)cc21. The van der Waals surface area contributed by atoms with Crippen LogP contribution in [-0.2, 0) is 0 Å². The van der Waals surface area contributed by atoms with Gasteiger partial charge in [0.2, 0.25) is 5.88 Å². The molecule has 0 unspecified atom stereocenters. The van der Waals surface area contributed by atoms with Crippen LogP contribution in [0, 0.1) is 5.82 Å². The molecular weight excluding hydrogens is 161 g/mol. The second-order valence-corrected chi connectivity index (χ2v) is 2.53. The standard InChI is InChI=1S/C8H6FNO2/c9-5-3-6-7(11)1-2-12-8(6)10-4-5/h3-4H,1-2H2. The van der Waals surface area contributed by atoms with Crippen molar-refractivity contribution in [1.82, 2.24) is 4.98 Å². The molecule has 0 aliphatic carbocycles. The summed E-state index contributed by atoms with van der Waals surface area (Å²) in [5.74, 6) is -0.372. The molecule has 1 aliphatic heterocycles. The number of aromatic nitrogens is 1. The Balaban J connectivity index is 2.54. The van der Waals surface area contributed by atoms with E-state index in [9.17, 15) is 9.18 Å². The zero-order valence-electron chi connectivity index (χ0n) is 6.21. The summed E-state index contributed by atoms with van der Waals surface area (Å²) in [6.45, 7) is 0.338. The Morgan fingerprint density at radius 1 is 1.58 bits per heavy atom. The number of Topliss-reactive ketones (excluding diaryl/α,β-unsaturated/α-hetero) is 1. The number of ketones is 1. The number of fused-ring (bicyclic) bond motifs is 1. The van der Waals surface area contributed by atoms with E-state index in [1.807, 2.05) is 0 Å². The van der Waals surface area contributed by atoms with Crippen molar-refractivity contribution in [2.24, 2.45) is 0 Å². The summed E-state index contributed by atoms with van der Waals surface area (Å²) in [5, 5.41) is 0. The summed E-state index contributed by atoms with van der Waals surface area (Å²) in [7, 11) is 0. The van der Waals surface area contributed by atoms with E-state index in [0.29, 0.717) is 13.0 Å². The van der Waals surface area contributed by atoms with E-state index in [-0.39, 0.29) is 17.2 Å². The van der Waals surface area contributed by atoms with Gasteiger partial charge in [0.1, 0.15) is 5.82 Å². The summed E-state index contributed by atoms with van der Waals surface area (Å²) in [6, 6.07) is 1.16. The first kappa shape index (κ1) is 7.21. The van der Waals surface area contributed by atoms with Crippen molar-refractivity contribution in [3.05, 3.63) is 23.6 Å². The van der Waals surface area contributed by atoms with Gasteiger partial charge in [0.25, 0.3) is 0 Å². The highest BCUT2D eigenvalue weighted by molar-refractivity contribution is 5.98. The van der Waals surface area contributed by atoms with Crippen molar-refractivity contribution in [1.29, 1.82) is 0 Å². The Bertz CT molecular complexity index is 338. The van der Waals surface area contributed by atoms with Gasteiger partial charge < -0.3 is 4.74 Å². The van der Waals surface area contributed by atoms with Crippen LogP contribution in [0.2, 0.25) is 0 Å². The fourth-order valence-corrected chi connectivity index (χ4v) is 1.12. The number of pyridine rings is 1. The lowest BCUT2D eigenvalue weighted by Gasteiger charge is -2.13. The van der Waals surface area contributed by atoms with E-state index in [2.05, 4.69) is 4.98 Å². The second kappa shape index (κ2) is 2.55. The highest BCUT2D eigenvalue weighted by Crippen LogP contribution is 2.21. The summed E-state index contributed by atoms with van der Waals surface area (Å²) < 4.78 is 17.6. The Morgan fingerprint density at radius 3 is 3.25 bits per heavy atom. The van der Waals surface area contributed by atoms with Gasteiger partial charge in [-0.05, 0) is 6.07 Å². The molecule has 0 aromatic carbocycles. The molecule has 0 radical (unpaired) electrons. The molecule has 0 N–H and O–H groups in total. The molecule has 2 heterocycles. The predicted octanol–water partition coefficient (Wildman–Crippen LogP) is 1.19. The van der Waals surface area contributed by atoms with Crippen LogP contribution in [0.15, 0.2) is 12.3 Å². The number of halogens is 1. The third-order valence-corrected chi connectivity index (χ3v) is 1.69. The highest BCUT2D eigenvalue weighted by Gasteiger charge is 2.19. The van der Waals surface area contributed by atoms with E-state index in [1.165, 1.54) is 0 Å². The van der Waals surface area contributed by atoms with Gasteiger partial charge in [-0.15, -0.1) is 0 Å². The first-order chi connectivity index (χ1) is 5.77. The summed E-state index contributed by atoms with van der Waals surface area (Å²) in [6.07, 6.45) is 1.34. The second-order valence-electron chi connectivity index (χ2n) is 2.53. The number of hydrogen-bond donors (Lipinski definition) is 0. The van der Waals surface area contributed by atoms with E-state index in [1.54, 1.807) is 0 Å². The van der Waals surface area contributed by atoms with Crippen LogP contribution >= 0.6 is 0 Å². The molecule has 4 heteroatoms. The van der Waals surface area contributed by atoms with Crippen LogP contribution in [0.1, 0.15) is 16.8 Å². The number of carbonyl (C=O) groups excluding carboxylic acids is 1. The third-order valence-electron chi connectivity index (χ3n) is 1.69. The van der Waals surface area contributed by atoms with Crippen molar-refractivity contribution < 1.29 is 13.9 Å². The molecule has 0 saturated heterocycles. The van der Waals surface area contributed by atoms with Crippen LogP contribution in [0.25, 0.3) is 0 Å². The van der Waals surface area contributed by atoms with Gasteiger partial charge >= 0.3 is 0 Å². The molecule has 1 aromatic heterocycles. The lowest BCUT2D eigenvalue weighted by molar-refractivity contribution is 0.0928. The van der Waals surface area contributed by atoms with E-state index in [0.717, 1.165) is 12.3 Å². The van der Waals surface area contributed by atoms with E-state index >= 15 is 0 Å². The third kappa shape index (κ3) is 1.05. The van der Waals surface area contributed by atoms with Crippen LogP contribution < -0.4 is 4.74 Å². The predicted molar refractivity (Wildman–Crippen MR) is 38.6 cm³/mol. The summed E-state index contributed by atoms with van der Waals surface area (Å²) >= 11 is 0. The lowest BCUT2D eigenvalue weighted by atomic mass is 10.1. The van der Waals surface area contributed by atoms with Crippen molar-refractivity contribution in [3.8, 4) is 5.88 Å². The number of hydrogen-bond acceptors (Lipinski definition) is 3. The van der Waals surface area contributed by atoms with E-state index in [4.69, 9.17) is 4.74 Å². The van der Waals surface area contributed by atoms with E-state index < -0.39 is 5.82 Å². The van der Waals surface area contributed by atoms with Crippen molar-refractivity contribution in [2.45, 2.75) is 6.42 Å². The monoisotopic (exact) mass is 167 g/mol. The summed E-state index contributed by atoms with van der Waals surface area (Å²) in [5.41, 5.74) is 0.251. The van der Waals surface area contributed by atoms with Crippen molar-refractivity contribution in [3.63, 3.8) is 0 Å². The van der Waals surface area contributed by atoms with Crippen molar-refractivity contribution >= 4 is 5.78 Å². The molecule has 0 amide bonds. The van der Waals surface area contributed by atoms with Crippen molar-refractivity contribution in [2.75, 3.05) is 6.61 Å². The average molecular weight is 167 g/mol. The van der Waals surface area contributed by atoms with Gasteiger partial charge in [0.15, 0.2) is 5.78 Å². The maximum atomic E-state index is 12.6. The molecule has 2 rings (SSSR count). The van der Waals surface area contributed by atoms with Gasteiger partial charge in [0, 0.05) is 6.42 Å². The van der Waals surface area contributed by atoms with Crippen LogP contribution in [-0.4, -0.2) is 17.4 Å². The lowest BCUT2D eigenvalue weighted by Crippen LogP contribution is -2.16. The fourth-order valence-electron chi connectivity index (χ4n) is 1.12. The zero-order valence-corrected chi connectivity index (χ0v) is 6.21. The molecule has 3 nitrogen and oxygen atoms in total. The zero-order chi connectivity index (χ0) is 8.55. The molecule has 0 saturated carbocycles. The van der Waals surface area contributed by atoms with Crippen LogP contribution in [0.4, 0.5) is 4.39 Å². The normalized spacial score (nSPS) is 15.2. The smallest absolute Gasteiger partial charge is 0.224 e. The minimum Gasteiger partial charge on any atom is -0.477 e. The molecule has 12 heavy (non-hydrogen) atoms. The Hall–Kier alpha value is -1.45. The molecule has 0 bridgehead atoms. The minimum atomic E-state index is -0.507. The average Bonchev–Trinajstić information content (AvgIpc) is 2.07. The Morgan fingerprint density at radius 2 is 2.42 bits per heavy atom. The molecule has 1 aliphatic rings. The van der Waals surface area contributed by atoms with Gasteiger partial charge in [-0.25, -0.2) is 9.37 Å². The maximum Gasteiger partial charge on any atom is 0.224 e. The first-order valence-corrected chi connectivity index (χ1v) is 3.59. The first-order valence-electron chi connectivity index (χ1n) is 3.59. The fraction of sp³-hybridized carbons (Fsp3) is 0.250. The number of rotatable bonds is 0. The molecule has 0 atom stereocenters. The Kier molecular flexibility index (Phi) is 1.53. The molecule has 1 aromatic rings. The molecular formula is C8H6FNO2. The van der Waals surface area contributed by atoms with Crippen LogP contribution in [0.5, 0.6) is 5.88 Å². The van der Waals surface area contributed by atoms with Crippen LogP contribution in [0.3, 0.4) is 0 Å². The topological polar surface area (TPSA) is 39.2 Å². The molecule has 0 fully saturated rings. The number of carbonyl (C=O) groups is 1. The quantitative estimate of drug-likeness (QED) is 0.582. The Labute approximate surface area is 68.2 Å². The molecule has 0 spiro atoms. The number of ether oxygens (including phenoxy) is 1. The maximum absolute atomic E-state index is 12.6. The van der Waals surface area contributed by atoms with Gasteiger partial charge in [0.05, 0.1) is 18.4 Å². The van der Waals surface area contributed by atoms with Gasteiger partial charge in [-0.2, -0.15) is 0 Å². The molecule has 62 valence electrons. The number of nitrogens with zero attached hydrogens (tertiary/aromatic N) is 1. The largest absolute Gasteiger partial charge is 0.477 e.